The molecular weight excluding hydrogens is 240 g/mol. The summed E-state index contributed by atoms with van der Waals surface area (Å²) in [6, 6.07) is 0.0927. The summed E-state index contributed by atoms with van der Waals surface area (Å²) in [6.07, 6.45) is 4.32. The van der Waals surface area contributed by atoms with Crippen molar-refractivity contribution in [2.45, 2.75) is 46.7 Å². The highest BCUT2D eigenvalue weighted by molar-refractivity contribution is 5.32. The third-order valence-corrected chi connectivity index (χ3v) is 2.86. The Labute approximate surface area is 115 Å². The molecule has 108 valence electrons. The minimum Gasteiger partial charge on any atom is -0.361 e. The van der Waals surface area contributed by atoms with Crippen LogP contribution in [0.1, 0.15) is 34.1 Å². The largest absolute Gasteiger partial charge is 0.361 e. The number of nitrogens with two attached hydrogens (primary N) is 1. The number of aromatic nitrogens is 2. The van der Waals surface area contributed by atoms with Gasteiger partial charge in [-0.05, 0) is 18.3 Å². The standard InChI is InChI=1S/C14H26N4O/c1-10(2)7-12(8-15)17-13-14(19)18(6-5-16-13)9-11(3)4/h5-6,10-12H,7-9,15H2,1-4H3,(H,16,17). The van der Waals surface area contributed by atoms with Gasteiger partial charge in [0.05, 0.1) is 0 Å². The lowest BCUT2D eigenvalue weighted by Crippen LogP contribution is -2.35. The van der Waals surface area contributed by atoms with Gasteiger partial charge < -0.3 is 15.6 Å². The lowest BCUT2D eigenvalue weighted by molar-refractivity contribution is 0.504. The summed E-state index contributed by atoms with van der Waals surface area (Å²) in [5, 5.41) is 3.17. The van der Waals surface area contributed by atoms with Crippen LogP contribution in [0.3, 0.4) is 0 Å². The van der Waals surface area contributed by atoms with Crippen molar-refractivity contribution in [1.29, 1.82) is 0 Å². The van der Waals surface area contributed by atoms with E-state index in [-0.39, 0.29) is 11.6 Å². The first-order valence-electron chi connectivity index (χ1n) is 6.96. The Morgan fingerprint density at radius 3 is 2.53 bits per heavy atom. The van der Waals surface area contributed by atoms with E-state index in [1.54, 1.807) is 17.0 Å². The summed E-state index contributed by atoms with van der Waals surface area (Å²) < 4.78 is 1.70. The van der Waals surface area contributed by atoms with Crippen LogP contribution in [0.25, 0.3) is 0 Å². The first-order chi connectivity index (χ1) is 8.93. The molecule has 5 heteroatoms. The SMILES string of the molecule is CC(C)CC(CN)Nc1nccn(CC(C)C)c1=O. The van der Waals surface area contributed by atoms with Gasteiger partial charge in [0.25, 0.3) is 5.56 Å². The summed E-state index contributed by atoms with van der Waals surface area (Å²) in [5.41, 5.74) is 5.67. The Morgan fingerprint density at radius 2 is 2.00 bits per heavy atom. The fourth-order valence-electron chi connectivity index (χ4n) is 2.06. The number of anilines is 1. The van der Waals surface area contributed by atoms with Crippen LogP contribution in [0.2, 0.25) is 0 Å². The Bertz CT molecular complexity index is 439. The van der Waals surface area contributed by atoms with Crippen molar-refractivity contribution in [1.82, 2.24) is 9.55 Å². The van der Waals surface area contributed by atoms with Gasteiger partial charge in [-0.15, -0.1) is 0 Å². The van der Waals surface area contributed by atoms with Crippen molar-refractivity contribution in [3.8, 4) is 0 Å². The van der Waals surface area contributed by atoms with Crippen molar-refractivity contribution in [2.75, 3.05) is 11.9 Å². The molecule has 0 saturated carbocycles. The lowest BCUT2D eigenvalue weighted by atomic mass is 10.0. The van der Waals surface area contributed by atoms with Gasteiger partial charge in [0.1, 0.15) is 0 Å². The zero-order valence-corrected chi connectivity index (χ0v) is 12.4. The van der Waals surface area contributed by atoms with E-state index >= 15 is 0 Å². The highest BCUT2D eigenvalue weighted by Crippen LogP contribution is 2.08. The molecule has 1 aromatic rings. The van der Waals surface area contributed by atoms with E-state index in [1.165, 1.54) is 0 Å². The Balaban J connectivity index is 2.86. The molecule has 0 aliphatic carbocycles. The summed E-state index contributed by atoms with van der Waals surface area (Å²) in [4.78, 5) is 16.4. The molecule has 0 spiro atoms. The minimum atomic E-state index is -0.0709. The average molecular weight is 266 g/mol. The monoisotopic (exact) mass is 266 g/mol. The number of nitrogens with one attached hydrogen (secondary N) is 1. The maximum Gasteiger partial charge on any atom is 0.293 e. The number of hydrogen-bond donors (Lipinski definition) is 2. The molecule has 0 fully saturated rings. The molecule has 1 rings (SSSR count). The molecule has 1 unspecified atom stereocenters. The Morgan fingerprint density at radius 1 is 1.32 bits per heavy atom. The van der Waals surface area contributed by atoms with Crippen LogP contribution in [0.5, 0.6) is 0 Å². The van der Waals surface area contributed by atoms with E-state index in [1.807, 2.05) is 0 Å². The third kappa shape index (κ3) is 5.03. The van der Waals surface area contributed by atoms with E-state index in [2.05, 4.69) is 38.0 Å². The minimum absolute atomic E-state index is 0.0709. The normalized spacial score (nSPS) is 13.0. The maximum absolute atomic E-state index is 12.2. The fraction of sp³-hybridized carbons (Fsp3) is 0.714. The summed E-state index contributed by atoms with van der Waals surface area (Å²) in [7, 11) is 0. The molecule has 0 aliphatic heterocycles. The second kappa shape index (κ2) is 7.28. The number of rotatable bonds is 7. The van der Waals surface area contributed by atoms with Crippen molar-refractivity contribution >= 4 is 5.82 Å². The van der Waals surface area contributed by atoms with Gasteiger partial charge in [0.2, 0.25) is 0 Å². The van der Waals surface area contributed by atoms with Crippen molar-refractivity contribution < 1.29 is 0 Å². The second-order valence-corrected chi connectivity index (χ2v) is 5.83. The Hall–Kier alpha value is -1.36. The van der Waals surface area contributed by atoms with E-state index in [9.17, 15) is 4.79 Å². The molecule has 0 saturated heterocycles. The van der Waals surface area contributed by atoms with Crippen LogP contribution in [0, 0.1) is 11.8 Å². The van der Waals surface area contributed by atoms with Gasteiger partial charge in [0.15, 0.2) is 5.82 Å². The van der Waals surface area contributed by atoms with E-state index in [4.69, 9.17) is 5.73 Å². The summed E-state index contributed by atoms with van der Waals surface area (Å²) in [6.45, 7) is 9.65. The van der Waals surface area contributed by atoms with Crippen molar-refractivity contribution in [2.24, 2.45) is 17.6 Å². The van der Waals surface area contributed by atoms with Crippen molar-refractivity contribution in [3.63, 3.8) is 0 Å². The van der Waals surface area contributed by atoms with Gasteiger partial charge in [-0.25, -0.2) is 4.98 Å². The molecular formula is C14H26N4O. The molecule has 0 radical (unpaired) electrons. The number of nitrogens with zero attached hydrogens (tertiary/aromatic N) is 2. The zero-order chi connectivity index (χ0) is 14.4. The van der Waals surface area contributed by atoms with Gasteiger partial charge in [-0.3, -0.25) is 4.79 Å². The van der Waals surface area contributed by atoms with Crippen LogP contribution in [-0.4, -0.2) is 22.1 Å². The number of hydrogen-bond acceptors (Lipinski definition) is 4. The van der Waals surface area contributed by atoms with Gasteiger partial charge in [-0.2, -0.15) is 0 Å². The first-order valence-corrected chi connectivity index (χ1v) is 6.96. The smallest absolute Gasteiger partial charge is 0.293 e. The van der Waals surface area contributed by atoms with Crippen LogP contribution in [0.4, 0.5) is 5.82 Å². The molecule has 1 atom stereocenters. The molecule has 0 bridgehead atoms. The van der Waals surface area contributed by atoms with E-state index in [0.717, 1.165) is 6.42 Å². The molecule has 5 nitrogen and oxygen atoms in total. The van der Waals surface area contributed by atoms with Crippen LogP contribution >= 0.6 is 0 Å². The van der Waals surface area contributed by atoms with Gasteiger partial charge in [-0.1, -0.05) is 27.7 Å². The molecule has 3 N–H and O–H groups in total. The molecule has 0 amide bonds. The molecule has 0 aliphatic rings. The predicted molar refractivity (Wildman–Crippen MR) is 79.3 cm³/mol. The molecule has 0 aromatic carbocycles. The van der Waals surface area contributed by atoms with Gasteiger partial charge in [0, 0.05) is 31.5 Å². The molecule has 19 heavy (non-hydrogen) atoms. The quantitative estimate of drug-likeness (QED) is 0.787. The third-order valence-electron chi connectivity index (χ3n) is 2.86. The summed E-state index contributed by atoms with van der Waals surface area (Å²) >= 11 is 0. The van der Waals surface area contributed by atoms with Crippen LogP contribution in [0.15, 0.2) is 17.2 Å². The van der Waals surface area contributed by atoms with Crippen molar-refractivity contribution in [3.05, 3.63) is 22.7 Å². The van der Waals surface area contributed by atoms with E-state index in [0.29, 0.717) is 30.7 Å². The topological polar surface area (TPSA) is 72.9 Å². The fourth-order valence-corrected chi connectivity index (χ4v) is 2.06. The highest BCUT2D eigenvalue weighted by Gasteiger charge is 2.13. The zero-order valence-electron chi connectivity index (χ0n) is 12.4. The van der Waals surface area contributed by atoms with E-state index < -0.39 is 0 Å². The van der Waals surface area contributed by atoms with Crippen LogP contribution in [-0.2, 0) is 6.54 Å². The Kier molecular flexibility index (Phi) is 6.02. The summed E-state index contributed by atoms with van der Waals surface area (Å²) in [5.74, 6) is 1.36. The lowest BCUT2D eigenvalue weighted by Gasteiger charge is -2.19. The molecule has 1 aromatic heterocycles. The highest BCUT2D eigenvalue weighted by atomic mass is 16.1. The maximum atomic E-state index is 12.2. The van der Waals surface area contributed by atoms with Gasteiger partial charge >= 0.3 is 0 Å². The predicted octanol–water partition coefficient (Wildman–Crippen LogP) is 1.68. The van der Waals surface area contributed by atoms with Crippen LogP contribution < -0.4 is 16.6 Å². The molecule has 1 heterocycles. The first kappa shape index (κ1) is 15.7. The second-order valence-electron chi connectivity index (χ2n) is 5.83. The average Bonchev–Trinajstić information content (AvgIpc) is 2.32.